The van der Waals surface area contributed by atoms with Crippen molar-refractivity contribution < 1.29 is 9.59 Å². The van der Waals surface area contributed by atoms with Crippen LogP contribution in [0.1, 0.15) is 42.2 Å². The molecular weight excluding hydrogens is 276 g/mol. The highest BCUT2D eigenvalue weighted by Crippen LogP contribution is 2.18. The zero-order valence-corrected chi connectivity index (χ0v) is 12.8. The van der Waals surface area contributed by atoms with E-state index in [0.717, 1.165) is 5.56 Å². The van der Waals surface area contributed by atoms with Crippen molar-refractivity contribution in [1.82, 2.24) is 5.32 Å². The van der Waals surface area contributed by atoms with Gasteiger partial charge in [0.2, 0.25) is 5.91 Å². The molecule has 0 heterocycles. The van der Waals surface area contributed by atoms with E-state index in [9.17, 15) is 9.59 Å². The number of carbonyl (C=O) groups excluding carboxylic acids is 2. The molecule has 2 aromatic rings. The molecule has 0 radical (unpaired) electrons. The lowest BCUT2D eigenvalue weighted by molar-refractivity contribution is -0.115. The second kappa shape index (κ2) is 7.41. The molecule has 2 aromatic carbocycles. The zero-order valence-electron chi connectivity index (χ0n) is 12.8. The summed E-state index contributed by atoms with van der Waals surface area (Å²) in [5.74, 6) is -0.320. The Hall–Kier alpha value is -2.62. The summed E-state index contributed by atoms with van der Waals surface area (Å²) < 4.78 is 0. The Kier molecular flexibility index (Phi) is 5.31. The molecule has 0 saturated carbocycles. The van der Waals surface area contributed by atoms with Crippen LogP contribution in [0.2, 0.25) is 0 Å². The van der Waals surface area contributed by atoms with E-state index in [1.54, 1.807) is 31.2 Å². The molecule has 0 unspecified atom stereocenters. The van der Waals surface area contributed by atoms with Crippen molar-refractivity contribution in [3.63, 3.8) is 0 Å². The summed E-state index contributed by atoms with van der Waals surface area (Å²) in [7, 11) is 0. The van der Waals surface area contributed by atoms with Crippen LogP contribution in [0.3, 0.4) is 0 Å². The highest BCUT2D eigenvalue weighted by atomic mass is 16.2. The first-order valence-electron chi connectivity index (χ1n) is 7.36. The Labute approximate surface area is 130 Å². The van der Waals surface area contributed by atoms with Gasteiger partial charge in [-0.05, 0) is 24.6 Å². The first kappa shape index (κ1) is 15.8. The molecule has 4 nitrogen and oxygen atoms in total. The van der Waals surface area contributed by atoms with E-state index in [-0.39, 0.29) is 17.9 Å². The fourth-order valence-electron chi connectivity index (χ4n) is 2.13. The number of anilines is 1. The van der Waals surface area contributed by atoms with Crippen LogP contribution >= 0.6 is 0 Å². The first-order valence-corrected chi connectivity index (χ1v) is 7.36. The molecule has 0 saturated heterocycles. The zero-order chi connectivity index (χ0) is 15.9. The van der Waals surface area contributed by atoms with Crippen molar-refractivity contribution >= 4 is 17.5 Å². The summed E-state index contributed by atoms with van der Waals surface area (Å²) in [4.78, 5) is 24.0. The molecule has 0 aliphatic heterocycles. The number of hydrogen-bond acceptors (Lipinski definition) is 2. The molecule has 0 aromatic heterocycles. The van der Waals surface area contributed by atoms with Gasteiger partial charge in [-0.15, -0.1) is 0 Å². The number of para-hydroxylation sites is 1. The standard InChI is InChI=1S/C18H20N2O2/c1-3-17(21)20-16-12-8-7-11-15(16)18(22)19-13(2)14-9-5-4-6-10-14/h4-13H,3H2,1-2H3,(H,19,22)(H,20,21)/t13-/m1/s1. The third-order valence-corrected chi connectivity index (χ3v) is 3.41. The van der Waals surface area contributed by atoms with Gasteiger partial charge >= 0.3 is 0 Å². The normalized spacial score (nSPS) is 11.5. The molecule has 0 spiro atoms. The average molecular weight is 296 g/mol. The molecule has 4 heteroatoms. The molecule has 22 heavy (non-hydrogen) atoms. The van der Waals surface area contributed by atoms with Crippen molar-refractivity contribution in [1.29, 1.82) is 0 Å². The number of rotatable bonds is 5. The van der Waals surface area contributed by atoms with Gasteiger partial charge in [-0.3, -0.25) is 9.59 Å². The summed E-state index contributed by atoms with van der Waals surface area (Å²) in [6.45, 7) is 3.70. The number of carbonyl (C=O) groups is 2. The van der Waals surface area contributed by atoms with E-state index >= 15 is 0 Å². The molecule has 2 N–H and O–H groups in total. The van der Waals surface area contributed by atoms with Crippen LogP contribution in [-0.4, -0.2) is 11.8 Å². The summed E-state index contributed by atoms with van der Waals surface area (Å²) in [6, 6.07) is 16.7. The Morgan fingerprint density at radius 1 is 1.00 bits per heavy atom. The maximum atomic E-state index is 12.5. The Morgan fingerprint density at radius 2 is 1.64 bits per heavy atom. The third-order valence-electron chi connectivity index (χ3n) is 3.41. The van der Waals surface area contributed by atoms with Gasteiger partial charge < -0.3 is 10.6 Å². The molecule has 0 aliphatic rings. The second-order valence-electron chi connectivity index (χ2n) is 5.05. The van der Waals surface area contributed by atoms with E-state index in [2.05, 4.69) is 10.6 Å². The molecule has 1 atom stereocenters. The van der Waals surface area contributed by atoms with Crippen molar-refractivity contribution in [3.8, 4) is 0 Å². The topological polar surface area (TPSA) is 58.2 Å². The second-order valence-corrected chi connectivity index (χ2v) is 5.05. The number of amides is 2. The monoisotopic (exact) mass is 296 g/mol. The van der Waals surface area contributed by atoms with Gasteiger partial charge in [-0.2, -0.15) is 0 Å². The molecule has 0 aliphatic carbocycles. The molecular formula is C18H20N2O2. The van der Waals surface area contributed by atoms with E-state index in [1.165, 1.54) is 0 Å². The van der Waals surface area contributed by atoms with Crippen LogP contribution in [0.15, 0.2) is 54.6 Å². The number of hydrogen-bond donors (Lipinski definition) is 2. The van der Waals surface area contributed by atoms with Crippen molar-refractivity contribution in [2.24, 2.45) is 0 Å². The molecule has 0 fully saturated rings. The molecule has 114 valence electrons. The van der Waals surface area contributed by atoms with Gasteiger partial charge in [0.15, 0.2) is 0 Å². The average Bonchev–Trinajstić information content (AvgIpc) is 2.55. The largest absolute Gasteiger partial charge is 0.345 e. The highest BCUT2D eigenvalue weighted by molar-refractivity contribution is 6.03. The minimum atomic E-state index is -0.205. The minimum absolute atomic E-state index is 0.108. The van der Waals surface area contributed by atoms with Crippen LogP contribution in [0.5, 0.6) is 0 Å². The predicted octanol–water partition coefficient (Wildman–Crippen LogP) is 3.53. The van der Waals surface area contributed by atoms with E-state index < -0.39 is 0 Å². The first-order chi connectivity index (χ1) is 10.6. The molecule has 2 rings (SSSR count). The summed E-state index contributed by atoms with van der Waals surface area (Å²) in [5.41, 5.74) is 2.03. The predicted molar refractivity (Wildman–Crippen MR) is 87.7 cm³/mol. The highest BCUT2D eigenvalue weighted by Gasteiger charge is 2.15. The minimum Gasteiger partial charge on any atom is -0.345 e. The Bertz CT molecular complexity index is 653. The van der Waals surface area contributed by atoms with E-state index in [1.807, 2.05) is 37.3 Å². The van der Waals surface area contributed by atoms with Gasteiger partial charge in [0.1, 0.15) is 0 Å². The maximum Gasteiger partial charge on any atom is 0.253 e. The summed E-state index contributed by atoms with van der Waals surface area (Å²) in [6.07, 6.45) is 0.371. The van der Waals surface area contributed by atoms with Gasteiger partial charge in [0.25, 0.3) is 5.91 Å². The SMILES string of the molecule is CCC(=O)Nc1ccccc1C(=O)N[C@H](C)c1ccccc1. The van der Waals surface area contributed by atoms with Gasteiger partial charge in [0.05, 0.1) is 17.3 Å². The van der Waals surface area contributed by atoms with Crippen LogP contribution in [0, 0.1) is 0 Å². The third kappa shape index (κ3) is 3.95. The summed E-state index contributed by atoms with van der Waals surface area (Å²) >= 11 is 0. The maximum absolute atomic E-state index is 12.5. The fourth-order valence-corrected chi connectivity index (χ4v) is 2.13. The van der Waals surface area contributed by atoms with E-state index in [4.69, 9.17) is 0 Å². The molecule has 2 amide bonds. The fraction of sp³-hybridized carbons (Fsp3) is 0.222. The molecule has 0 bridgehead atoms. The van der Waals surface area contributed by atoms with Crippen molar-refractivity contribution in [2.75, 3.05) is 5.32 Å². The lowest BCUT2D eigenvalue weighted by atomic mass is 10.1. The lowest BCUT2D eigenvalue weighted by Crippen LogP contribution is -2.27. The van der Waals surface area contributed by atoms with Crippen LogP contribution < -0.4 is 10.6 Å². The Morgan fingerprint density at radius 3 is 2.32 bits per heavy atom. The van der Waals surface area contributed by atoms with Gasteiger partial charge in [0, 0.05) is 6.42 Å². The van der Waals surface area contributed by atoms with Gasteiger partial charge in [-0.25, -0.2) is 0 Å². The van der Waals surface area contributed by atoms with E-state index in [0.29, 0.717) is 17.7 Å². The summed E-state index contributed by atoms with van der Waals surface area (Å²) in [5, 5.41) is 5.71. The van der Waals surface area contributed by atoms with Crippen molar-refractivity contribution in [3.05, 3.63) is 65.7 Å². The van der Waals surface area contributed by atoms with Crippen molar-refractivity contribution in [2.45, 2.75) is 26.3 Å². The number of nitrogens with one attached hydrogen (secondary N) is 2. The van der Waals surface area contributed by atoms with Gasteiger partial charge in [-0.1, -0.05) is 49.4 Å². The Balaban J connectivity index is 2.14. The smallest absolute Gasteiger partial charge is 0.253 e. The van der Waals surface area contributed by atoms with Crippen LogP contribution in [0.25, 0.3) is 0 Å². The van der Waals surface area contributed by atoms with Crippen LogP contribution in [0.4, 0.5) is 5.69 Å². The quantitative estimate of drug-likeness (QED) is 0.887. The van der Waals surface area contributed by atoms with Crippen LogP contribution in [-0.2, 0) is 4.79 Å². The lowest BCUT2D eigenvalue weighted by Gasteiger charge is -2.16. The number of benzene rings is 2.